The van der Waals surface area contributed by atoms with Crippen molar-refractivity contribution in [2.24, 2.45) is 11.1 Å². The van der Waals surface area contributed by atoms with Gasteiger partial charge in [0.25, 0.3) is 0 Å². The standard InChI is InChI=1S/C5H13NO3S/c1-3-5(2)4-9-10(6,7)8/h5H,3-4H2,1-2H3,(H2,6,7,8). The fraction of sp³-hybridized carbons (Fsp3) is 1.00. The average Bonchev–Trinajstić information content (AvgIpc) is 1.81. The maximum Gasteiger partial charge on any atom is 0.333 e. The third kappa shape index (κ3) is 6.00. The highest BCUT2D eigenvalue weighted by molar-refractivity contribution is 7.84. The van der Waals surface area contributed by atoms with Gasteiger partial charge >= 0.3 is 10.3 Å². The summed E-state index contributed by atoms with van der Waals surface area (Å²) in [6, 6.07) is 0. The van der Waals surface area contributed by atoms with E-state index in [9.17, 15) is 8.42 Å². The van der Waals surface area contributed by atoms with E-state index in [1.807, 2.05) is 13.8 Å². The summed E-state index contributed by atoms with van der Waals surface area (Å²) in [5, 5.41) is 4.59. The first-order valence-electron chi connectivity index (χ1n) is 3.13. The van der Waals surface area contributed by atoms with Crippen molar-refractivity contribution in [3.63, 3.8) is 0 Å². The monoisotopic (exact) mass is 167 g/mol. The molecule has 0 rings (SSSR count). The van der Waals surface area contributed by atoms with Crippen molar-refractivity contribution in [3.8, 4) is 0 Å². The van der Waals surface area contributed by atoms with Gasteiger partial charge in [0, 0.05) is 0 Å². The van der Waals surface area contributed by atoms with Crippen LogP contribution in [0, 0.1) is 5.92 Å². The zero-order chi connectivity index (χ0) is 8.20. The summed E-state index contributed by atoms with van der Waals surface area (Å²) in [5.74, 6) is 0.235. The van der Waals surface area contributed by atoms with Gasteiger partial charge in [0.1, 0.15) is 0 Å². The van der Waals surface area contributed by atoms with Crippen molar-refractivity contribution < 1.29 is 12.6 Å². The number of nitrogens with two attached hydrogens (primary N) is 1. The number of hydrogen-bond donors (Lipinski definition) is 1. The van der Waals surface area contributed by atoms with Crippen molar-refractivity contribution >= 4 is 10.3 Å². The molecule has 0 aliphatic carbocycles. The Bertz CT molecular complexity index is 175. The summed E-state index contributed by atoms with van der Waals surface area (Å²) in [6.45, 7) is 4.03. The van der Waals surface area contributed by atoms with Crippen molar-refractivity contribution in [1.29, 1.82) is 0 Å². The van der Waals surface area contributed by atoms with Gasteiger partial charge in [0.15, 0.2) is 0 Å². The minimum Gasteiger partial charge on any atom is -0.258 e. The van der Waals surface area contributed by atoms with Crippen LogP contribution < -0.4 is 5.14 Å². The summed E-state index contributed by atoms with van der Waals surface area (Å²) in [6.07, 6.45) is 0.884. The van der Waals surface area contributed by atoms with E-state index in [0.717, 1.165) is 6.42 Å². The molecule has 0 amide bonds. The molecule has 0 radical (unpaired) electrons. The second kappa shape index (κ2) is 3.90. The van der Waals surface area contributed by atoms with E-state index in [4.69, 9.17) is 0 Å². The minimum atomic E-state index is -3.73. The molecule has 0 saturated heterocycles. The van der Waals surface area contributed by atoms with E-state index in [1.54, 1.807) is 0 Å². The summed E-state index contributed by atoms with van der Waals surface area (Å²) in [5.41, 5.74) is 0. The molecular formula is C5H13NO3S. The van der Waals surface area contributed by atoms with Crippen LogP contribution in [0.3, 0.4) is 0 Å². The molecule has 4 nitrogen and oxygen atoms in total. The Morgan fingerprint density at radius 2 is 2.10 bits per heavy atom. The van der Waals surface area contributed by atoms with Crippen LogP contribution in [-0.2, 0) is 14.5 Å². The molecule has 0 heterocycles. The van der Waals surface area contributed by atoms with E-state index in [2.05, 4.69) is 9.32 Å². The van der Waals surface area contributed by atoms with Crippen molar-refractivity contribution in [3.05, 3.63) is 0 Å². The molecule has 0 aliphatic heterocycles. The van der Waals surface area contributed by atoms with Crippen molar-refractivity contribution in [1.82, 2.24) is 0 Å². The molecule has 10 heavy (non-hydrogen) atoms. The summed E-state index contributed by atoms with van der Waals surface area (Å²) >= 11 is 0. The van der Waals surface area contributed by atoms with Gasteiger partial charge in [-0.2, -0.15) is 8.42 Å². The van der Waals surface area contributed by atoms with Crippen LogP contribution in [0.1, 0.15) is 20.3 Å². The molecule has 1 unspecified atom stereocenters. The van der Waals surface area contributed by atoms with Crippen molar-refractivity contribution in [2.45, 2.75) is 20.3 Å². The molecule has 5 heteroatoms. The molecule has 0 fully saturated rings. The van der Waals surface area contributed by atoms with Crippen LogP contribution in [0.4, 0.5) is 0 Å². The smallest absolute Gasteiger partial charge is 0.258 e. The predicted octanol–water partition coefficient (Wildman–Crippen LogP) is 0.253. The Balaban J connectivity index is 3.56. The molecule has 2 N–H and O–H groups in total. The molecule has 0 aliphatic rings. The Kier molecular flexibility index (Phi) is 3.85. The van der Waals surface area contributed by atoms with Crippen LogP contribution in [0.15, 0.2) is 0 Å². The van der Waals surface area contributed by atoms with Gasteiger partial charge < -0.3 is 0 Å². The number of hydrogen-bond acceptors (Lipinski definition) is 3. The normalized spacial score (nSPS) is 15.1. The van der Waals surface area contributed by atoms with Gasteiger partial charge in [-0.15, -0.1) is 0 Å². The van der Waals surface area contributed by atoms with Crippen LogP contribution in [0.25, 0.3) is 0 Å². The van der Waals surface area contributed by atoms with Gasteiger partial charge in [-0.25, -0.2) is 5.14 Å². The third-order valence-electron chi connectivity index (χ3n) is 1.21. The maximum atomic E-state index is 10.2. The summed E-state index contributed by atoms with van der Waals surface area (Å²) in [4.78, 5) is 0. The molecular weight excluding hydrogens is 154 g/mol. The second-order valence-corrected chi connectivity index (χ2v) is 3.51. The Hall–Kier alpha value is -0.130. The van der Waals surface area contributed by atoms with Gasteiger partial charge in [0.2, 0.25) is 0 Å². The summed E-state index contributed by atoms with van der Waals surface area (Å²) < 4.78 is 24.7. The molecule has 1 atom stereocenters. The zero-order valence-corrected chi connectivity index (χ0v) is 7.02. The van der Waals surface area contributed by atoms with E-state index < -0.39 is 10.3 Å². The summed E-state index contributed by atoms with van der Waals surface area (Å²) in [7, 11) is -3.73. The first kappa shape index (κ1) is 9.87. The molecule has 0 aromatic carbocycles. The van der Waals surface area contributed by atoms with Gasteiger partial charge in [-0.3, -0.25) is 4.18 Å². The SMILES string of the molecule is CCC(C)COS(N)(=O)=O. The van der Waals surface area contributed by atoms with E-state index in [-0.39, 0.29) is 12.5 Å². The molecule has 0 saturated carbocycles. The van der Waals surface area contributed by atoms with Crippen LogP contribution in [0.5, 0.6) is 0 Å². The lowest BCUT2D eigenvalue weighted by Crippen LogP contribution is -2.19. The topological polar surface area (TPSA) is 69.4 Å². The highest BCUT2D eigenvalue weighted by Gasteiger charge is 2.05. The van der Waals surface area contributed by atoms with Crippen LogP contribution in [0.2, 0.25) is 0 Å². The first-order valence-corrected chi connectivity index (χ1v) is 4.60. The fourth-order valence-corrected chi connectivity index (χ4v) is 0.751. The highest BCUT2D eigenvalue weighted by atomic mass is 32.2. The lowest BCUT2D eigenvalue weighted by atomic mass is 10.1. The van der Waals surface area contributed by atoms with E-state index >= 15 is 0 Å². The molecule has 0 spiro atoms. The van der Waals surface area contributed by atoms with Gasteiger partial charge in [-0.1, -0.05) is 20.3 Å². The van der Waals surface area contributed by atoms with Crippen LogP contribution >= 0.6 is 0 Å². The molecule has 62 valence electrons. The Labute approximate surface area is 61.6 Å². The average molecular weight is 167 g/mol. The number of rotatable bonds is 4. The highest BCUT2D eigenvalue weighted by Crippen LogP contribution is 2.01. The lowest BCUT2D eigenvalue weighted by Gasteiger charge is -2.05. The third-order valence-corrected chi connectivity index (χ3v) is 1.68. The predicted molar refractivity (Wildman–Crippen MR) is 38.5 cm³/mol. The zero-order valence-electron chi connectivity index (χ0n) is 6.20. The minimum absolute atomic E-state index is 0.176. The van der Waals surface area contributed by atoms with Gasteiger partial charge in [-0.05, 0) is 5.92 Å². The Morgan fingerprint density at radius 3 is 2.40 bits per heavy atom. The van der Waals surface area contributed by atoms with Crippen LogP contribution in [-0.4, -0.2) is 15.0 Å². The Morgan fingerprint density at radius 1 is 1.60 bits per heavy atom. The lowest BCUT2D eigenvalue weighted by molar-refractivity contribution is 0.261. The molecule has 0 aromatic heterocycles. The molecule has 0 bridgehead atoms. The van der Waals surface area contributed by atoms with Crippen molar-refractivity contribution in [2.75, 3.05) is 6.61 Å². The first-order chi connectivity index (χ1) is 4.45. The second-order valence-electron chi connectivity index (χ2n) is 2.29. The van der Waals surface area contributed by atoms with E-state index in [1.165, 1.54) is 0 Å². The largest absolute Gasteiger partial charge is 0.333 e. The van der Waals surface area contributed by atoms with E-state index in [0.29, 0.717) is 0 Å². The molecule has 0 aromatic rings. The fourth-order valence-electron chi connectivity index (χ4n) is 0.329. The van der Waals surface area contributed by atoms with Gasteiger partial charge in [0.05, 0.1) is 6.61 Å². The maximum absolute atomic E-state index is 10.2. The quantitative estimate of drug-likeness (QED) is 0.652.